The average molecular weight is 317 g/mol. The van der Waals surface area contributed by atoms with Crippen LogP contribution in [0.3, 0.4) is 0 Å². The number of hydrogen-bond donors (Lipinski definition) is 3. The first-order valence-electron chi connectivity index (χ1n) is 5.01. The molecule has 15 heteroatoms. The van der Waals surface area contributed by atoms with Gasteiger partial charge in [0.25, 0.3) is 15.3 Å². The Balaban J connectivity index is 6.04. The van der Waals surface area contributed by atoms with Gasteiger partial charge in [0.15, 0.2) is 0 Å². The molecule has 21 heavy (non-hydrogen) atoms. The molecule has 0 bridgehead atoms. The lowest BCUT2D eigenvalue weighted by Crippen LogP contribution is -2.61. The van der Waals surface area contributed by atoms with E-state index in [2.05, 4.69) is 14.5 Å². The second kappa shape index (κ2) is 7.31. The standard InChI is InChI=1S/C6H11N3O12/c10-2-1-5(3-11,4-12)6(19-7(13)14,20-8(15)16)21-9(17)18/h10-12H,1-4H2. The van der Waals surface area contributed by atoms with Crippen LogP contribution in [0.5, 0.6) is 0 Å². The monoisotopic (exact) mass is 317 g/mol. The molecular formula is C6H11N3O12. The van der Waals surface area contributed by atoms with Gasteiger partial charge in [0.1, 0.15) is 0 Å². The fraction of sp³-hybridized carbons (Fsp3) is 1.00. The minimum atomic E-state index is -3.73. The predicted molar refractivity (Wildman–Crippen MR) is 55.3 cm³/mol. The zero-order chi connectivity index (χ0) is 16.7. The summed E-state index contributed by atoms with van der Waals surface area (Å²) in [5.74, 6) is -3.73. The molecule has 0 aromatic carbocycles. The average Bonchev–Trinajstić information content (AvgIpc) is 2.33. The molecule has 0 saturated carbocycles. The molecule has 122 valence electrons. The zero-order valence-corrected chi connectivity index (χ0v) is 10.2. The third-order valence-electron chi connectivity index (χ3n) is 2.43. The van der Waals surface area contributed by atoms with Crippen LogP contribution >= 0.6 is 0 Å². The van der Waals surface area contributed by atoms with Crippen molar-refractivity contribution in [3.8, 4) is 0 Å². The molecule has 0 aromatic rings. The first-order chi connectivity index (χ1) is 9.68. The summed E-state index contributed by atoms with van der Waals surface area (Å²) in [4.78, 5) is 42.4. The first-order valence-corrected chi connectivity index (χ1v) is 5.01. The van der Waals surface area contributed by atoms with Crippen LogP contribution in [0.25, 0.3) is 0 Å². The Morgan fingerprint density at radius 3 is 1.33 bits per heavy atom. The van der Waals surface area contributed by atoms with E-state index in [0.717, 1.165) is 0 Å². The molecule has 0 atom stereocenters. The van der Waals surface area contributed by atoms with Crippen LogP contribution < -0.4 is 0 Å². The highest BCUT2D eigenvalue weighted by Gasteiger charge is 2.61. The van der Waals surface area contributed by atoms with Crippen molar-refractivity contribution in [2.75, 3.05) is 19.8 Å². The van der Waals surface area contributed by atoms with Gasteiger partial charge in [-0.2, -0.15) is 0 Å². The van der Waals surface area contributed by atoms with E-state index >= 15 is 0 Å². The second-order valence-corrected chi connectivity index (χ2v) is 3.57. The van der Waals surface area contributed by atoms with E-state index in [1.807, 2.05) is 0 Å². The summed E-state index contributed by atoms with van der Waals surface area (Å²) in [6.07, 6.45) is -0.824. The number of aliphatic hydroxyl groups excluding tert-OH is 3. The van der Waals surface area contributed by atoms with Crippen LogP contribution in [0.2, 0.25) is 0 Å². The van der Waals surface area contributed by atoms with Crippen molar-refractivity contribution in [3.05, 3.63) is 30.3 Å². The Kier molecular flexibility index (Phi) is 6.43. The van der Waals surface area contributed by atoms with Crippen LogP contribution in [0, 0.1) is 35.8 Å². The smallest absolute Gasteiger partial charge is 0.396 e. The van der Waals surface area contributed by atoms with Crippen molar-refractivity contribution < 1.29 is 45.1 Å². The molecule has 0 unspecified atom stereocenters. The summed E-state index contributed by atoms with van der Waals surface area (Å²) in [6, 6.07) is 0. The van der Waals surface area contributed by atoms with Crippen molar-refractivity contribution in [1.29, 1.82) is 0 Å². The molecule has 0 amide bonds. The molecule has 0 fully saturated rings. The highest BCUT2D eigenvalue weighted by Crippen LogP contribution is 2.40. The molecule has 0 aromatic heterocycles. The molecule has 0 aliphatic rings. The van der Waals surface area contributed by atoms with Gasteiger partial charge < -0.3 is 15.3 Å². The highest BCUT2D eigenvalue weighted by atomic mass is 17.2. The lowest BCUT2D eigenvalue weighted by Gasteiger charge is -2.41. The number of aliphatic hydroxyl groups is 3. The summed E-state index contributed by atoms with van der Waals surface area (Å²) in [5.41, 5.74) is -2.59. The van der Waals surface area contributed by atoms with Crippen LogP contribution in [-0.4, -0.2) is 56.4 Å². The maximum absolute atomic E-state index is 10.4. The normalized spacial score (nSPS) is 11.6. The predicted octanol–water partition coefficient (Wildman–Crippen LogP) is -2.38. The Hall–Kier alpha value is -2.52. The summed E-state index contributed by atoms with van der Waals surface area (Å²) in [6.45, 7) is -3.59. The largest absolute Gasteiger partial charge is 0.417 e. The summed E-state index contributed by atoms with van der Waals surface area (Å²) >= 11 is 0. The van der Waals surface area contributed by atoms with Gasteiger partial charge in [-0.1, -0.05) is 0 Å². The van der Waals surface area contributed by atoms with Crippen LogP contribution in [-0.2, 0) is 14.5 Å². The van der Waals surface area contributed by atoms with Crippen LogP contribution in [0.15, 0.2) is 0 Å². The molecule has 3 N–H and O–H groups in total. The van der Waals surface area contributed by atoms with E-state index < -0.39 is 52.9 Å². The number of rotatable bonds is 11. The van der Waals surface area contributed by atoms with Crippen molar-refractivity contribution in [2.24, 2.45) is 5.41 Å². The van der Waals surface area contributed by atoms with E-state index in [4.69, 9.17) is 5.11 Å². The molecule has 0 spiro atoms. The van der Waals surface area contributed by atoms with Gasteiger partial charge >= 0.3 is 5.97 Å². The number of nitrogens with zero attached hydrogens (tertiary/aromatic N) is 3. The molecular weight excluding hydrogens is 306 g/mol. The van der Waals surface area contributed by atoms with Gasteiger partial charge in [-0.3, -0.25) is 0 Å². The van der Waals surface area contributed by atoms with Crippen molar-refractivity contribution >= 4 is 0 Å². The molecule has 0 aliphatic heterocycles. The van der Waals surface area contributed by atoms with Gasteiger partial charge in [0.2, 0.25) is 0 Å². The maximum atomic E-state index is 10.4. The van der Waals surface area contributed by atoms with Crippen LogP contribution in [0.4, 0.5) is 0 Å². The van der Waals surface area contributed by atoms with Gasteiger partial charge in [0.05, 0.1) is 18.6 Å². The van der Waals surface area contributed by atoms with Crippen molar-refractivity contribution in [1.82, 2.24) is 0 Å². The Morgan fingerprint density at radius 2 is 1.14 bits per heavy atom. The summed E-state index contributed by atoms with van der Waals surface area (Å²) in [7, 11) is 0. The highest BCUT2D eigenvalue weighted by molar-refractivity contribution is 4.86. The Morgan fingerprint density at radius 1 is 0.810 bits per heavy atom. The second-order valence-electron chi connectivity index (χ2n) is 3.57. The van der Waals surface area contributed by atoms with E-state index in [0.29, 0.717) is 0 Å². The van der Waals surface area contributed by atoms with Gasteiger partial charge in [-0.15, -0.1) is 30.3 Å². The SMILES string of the molecule is O=[N+]([O-])OC(O[N+](=O)[O-])(O[N+](=O)[O-])C(CO)(CO)CCO. The molecule has 15 nitrogen and oxygen atoms in total. The zero-order valence-electron chi connectivity index (χ0n) is 10.2. The lowest BCUT2D eigenvalue weighted by molar-refractivity contribution is -0.964. The summed E-state index contributed by atoms with van der Waals surface area (Å²) < 4.78 is 0. The van der Waals surface area contributed by atoms with Gasteiger partial charge in [-0.05, 0) is 6.42 Å². The van der Waals surface area contributed by atoms with Gasteiger partial charge in [0, 0.05) is 6.61 Å². The maximum Gasteiger partial charge on any atom is 0.417 e. The fourth-order valence-electron chi connectivity index (χ4n) is 1.40. The Labute approximate surface area is 114 Å². The van der Waals surface area contributed by atoms with Crippen LogP contribution in [0.1, 0.15) is 6.42 Å². The minimum Gasteiger partial charge on any atom is -0.396 e. The molecule has 0 radical (unpaired) electrons. The van der Waals surface area contributed by atoms with E-state index in [1.54, 1.807) is 0 Å². The van der Waals surface area contributed by atoms with E-state index in [9.17, 15) is 40.6 Å². The quantitative estimate of drug-likeness (QED) is 0.206. The number of hydrogen-bond acceptors (Lipinski definition) is 12. The Bertz CT molecular complexity index is 354. The minimum absolute atomic E-state index is 0.824. The van der Waals surface area contributed by atoms with Gasteiger partial charge in [-0.25, -0.2) is 14.5 Å². The van der Waals surface area contributed by atoms with E-state index in [-0.39, 0.29) is 0 Å². The topological polar surface area (TPSA) is 218 Å². The third kappa shape index (κ3) is 4.23. The fourth-order valence-corrected chi connectivity index (χ4v) is 1.40. The molecule has 0 rings (SSSR count). The van der Waals surface area contributed by atoms with Crippen molar-refractivity contribution in [3.63, 3.8) is 0 Å². The van der Waals surface area contributed by atoms with E-state index in [1.165, 1.54) is 0 Å². The molecule has 0 saturated heterocycles. The first kappa shape index (κ1) is 18.5. The third-order valence-corrected chi connectivity index (χ3v) is 2.43. The summed E-state index contributed by atoms with van der Waals surface area (Å²) in [5, 5.41) is 53.3. The lowest BCUT2D eigenvalue weighted by atomic mass is 9.83. The molecule has 0 aliphatic carbocycles. The van der Waals surface area contributed by atoms with Crippen molar-refractivity contribution in [2.45, 2.75) is 12.4 Å². The molecule has 0 heterocycles.